The largest absolute Gasteiger partial charge is 0.322 e. The number of hydrogen-bond donors (Lipinski definition) is 1. The summed E-state index contributed by atoms with van der Waals surface area (Å²) >= 11 is 0. The van der Waals surface area contributed by atoms with Crippen LogP contribution in [0.5, 0.6) is 0 Å². The Kier molecular flexibility index (Phi) is 5.12. The number of pyridine rings is 1. The summed E-state index contributed by atoms with van der Waals surface area (Å²) in [6.07, 6.45) is 8.57. The zero-order chi connectivity index (χ0) is 23.1. The summed E-state index contributed by atoms with van der Waals surface area (Å²) in [5.41, 5.74) is 2.84. The molecule has 0 aliphatic rings. The van der Waals surface area contributed by atoms with Gasteiger partial charge in [-0.05, 0) is 18.1 Å². The van der Waals surface area contributed by atoms with Crippen LogP contribution in [0, 0.1) is 17.6 Å². The van der Waals surface area contributed by atoms with E-state index in [-0.39, 0.29) is 17.3 Å². The fraction of sp³-hybridized carbons (Fsp3) is 0.217. The van der Waals surface area contributed by atoms with Crippen LogP contribution in [0.15, 0.2) is 61.4 Å². The van der Waals surface area contributed by atoms with Crippen molar-refractivity contribution in [3.05, 3.63) is 78.8 Å². The molecule has 1 aromatic carbocycles. The monoisotopic (exact) mass is 449 g/mol. The first-order valence-corrected chi connectivity index (χ1v) is 10.5. The Morgan fingerprint density at radius 1 is 1.15 bits per heavy atom. The van der Waals surface area contributed by atoms with Crippen molar-refractivity contribution in [3.63, 3.8) is 0 Å². The van der Waals surface area contributed by atoms with E-state index in [1.807, 2.05) is 48.8 Å². The van der Waals surface area contributed by atoms with Gasteiger partial charge in [-0.3, -0.25) is 9.48 Å². The lowest BCUT2D eigenvalue weighted by atomic mass is 10.0. The molecule has 5 aromatic rings. The van der Waals surface area contributed by atoms with Crippen LogP contribution >= 0.6 is 0 Å². The van der Waals surface area contributed by atoms with Gasteiger partial charge in [-0.1, -0.05) is 19.9 Å². The SMILES string of the molecule is CC(C)C(C(=O)Nc1cnn(Cc2cn3ccccc3n2)c1)n1cnc2cc(F)c(F)cc21. The molecule has 0 spiro atoms. The summed E-state index contributed by atoms with van der Waals surface area (Å²) in [6.45, 7) is 4.20. The number of nitrogens with zero attached hydrogens (tertiary/aromatic N) is 6. The molecular weight excluding hydrogens is 428 g/mol. The van der Waals surface area contributed by atoms with Gasteiger partial charge in [0.25, 0.3) is 0 Å². The van der Waals surface area contributed by atoms with Crippen molar-refractivity contribution in [2.24, 2.45) is 5.92 Å². The van der Waals surface area contributed by atoms with Gasteiger partial charge in [0.1, 0.15) is 11.7 Å². The first-order valence-electron chi connectivity index (χ1n) is 10.5. The molecule has 0 bridgehead atoms. The summed E-state index contributed by atoms with van der Waals surface area (Å²) in [5.74, 6) is -2.40. The molecule has 0 aliphatic heterocycles. The number of nitrogens with one attached hydrogen (secondary N) is 1. The van der Waals surface area contributed by atoms with Crippen LogP contribution in [0.2, 0.25) is 0 Å². The van der Waals surface area contributed by atoms with E-state index in [2.05, 4.69) is 20.4 Å². The van der Waals surface area contributed by atoms with E-state index in [1.54, 1.807) is 21.6 Å². The minimum atomic E-state index is -0.986. The van der Waals surface area contributed by atoms with Crippen molar-refractivity contribution in [2.75, 3.05) is 5.32 Å². The van der Waals surface area contributed by atoms with Crippen LogP contribution in [0.25, 0.3) is 16.7 Å². The lowest BCUT2D eigenvalue weighted by Gasteiger charge is -2.22. The molecule has 0 fully saturated rings. The van der Waals surface area contributed by atoms with Crippen LogP contribution in [-0.2, 0) is 11.3 Å². The van der Waals surface area contributed by atoms with Gasteiger partial charge in [-0.15, -0.1) is 0 Å². The van der Waals surface area contributed by atoms with Gasteiger partial charge in [0.05, 0.1) is 41.5 Å². The minimum absolute atomic E-state index is 0.136. The highest BCUT2D eigenvalue weighted by atomic mass is 19.2. The van der Waals surface area contributed by atoms with Crippen LogP contribution in [0.1, 0.15) is 25.6 Å². The molecule has 4 heterocycles. The fourth-order valence-corrected chi connectivity index (χ4v) is 3.95. The smallest absolute Gasteiger partial charge is 0.247 e. The molecule has 8 nitrogen and oxygen atoms in total. The Balaban J connectivity index is 1.36. The zero-order valence-corrected chi connectivity index (χ0v) is 18.0. The van der Waals surface area contributed by atoms with Crippen molar-refractivity contribution in [1.29, 1.82) is 0 Å². The van der Waals surface area contributed by atoms with Gasteiger partial charge in [-0.25, -0.2) is 18.7 Å². The summed E-state index contributed by atoms with van der Waals surface area (Å²) < 4.78 is 32.6. The second-order valence-electron chi connectivity index (χ2n) is 8.21. The van der Waals surface area contributed by atoms with E-state index in [4.69, 9.17) is 0 Å². The van der Waals surface area contributed by atoms with E-state index in [9.17, 15) is 13.6 Å². The number of hydrogen-bond acceptors (Lipinski definition) is 4. The highest BCUT2D eigenvalue weighted by molar-refractivity contribution is 5.94. The van der Waals surface area contributed by atoms with Crippen LogP contribution in [-0.4, -0.2) is 34.6 Å². The van der Waals surface area contributed by atoms with Gasteiger partial charge in [0.15, 0.2) is 11.6 Å². The van der Waals surface area contributed by atoms with Crippen LogP contribution < -0.4 is 5.32 Å². The molecule has 1 N–H and O–H groups in total. The molecule has 1 amide bonds. The molecule has 0 saturated carbocycles. The number of anilines is 1. The van der Waals surface area contributed by atoms with Gasteiger partial charge in [-0.2, -0.15) is 5.10 Å². The number of rotatable bonds is 6. The van der Waals surface area contributed by atoms with Crippen molar-refractivity contribution < 1.29 is 13.6 Å². The maximum Gasteiger partial charge on any atom is 0.247 e. The lowest BCUT2D eigenvalue weighted by molar-refractivity contribution is -0.120. The number of fused-ring (bicyclic) bond motifs is 2. The number of benzene rings is 1. The maximum absolute atomic E-state index is 13.8. The Hall–Kier alpha value is -4.08. The van der Waals surface area contributed by atoms with Crippen LogP contribution in [0.3, 0.4) is 0 Å². The second kappa shape index (κ2) is 8.12. The first kappa shape index (κ1) is 20.8. The van der Waals surface area contributed by atoms with Gasteiger partial charge in [0.2, 0.25) is 5.91 Å². The molecule has 4 aromatic heterocycles. The minimum Gasteiger partial charge on any atom is -0.322 e. The van der Waals surface area contributed by atoms with Crippen LogP contribution in [0.4, 0.5) is 14.5 Å². The van der Waals surface area contributed by atoms with E-state index < -0.39 is 17.7 Å². The van der Waals surface area contributed by atoms with Crippen molar-refractivity contribution in [1.82, 2.24) is 28.7 Å². The lowest BCUT2D eigenvalue weighted by Crippen LogP contribution is -2.29. The molecule has 0 aliphatic carbocycles. The quantitative estimate of drug-likeness (QED) is 0.424. The molecule has 5 rings (SSSR count). The van der Waals surface area contributed by atoms with E-state index in [1.165, 1.54) is 6.33 Å². The second-order valence-corrected chi connectivity index (χ2v) is 8.21. The number of halogens is 2. The van der Waals surface area contributed by atoms with Gasteiger partial charge in [0, 0.05) is 30.7 Å². The third kappa shape index (κ3) is 3.95. The standard InChI is InChI=1S/C23H21F2N7O/c1-14(2)22(32-13-26-19-7-17(24)18(25)8-20(19)32)23(33)29-15-9-27-31(11-15)12-16-10-30-6-4-3-5-21(30)28-16/h3-11,13-14,22H,12H2,1-2H3,(H,29,33). The summed E-state index contributed by atoms with van der Waals surface area (Å²) in [6, 6.07) is 7.19. The molecule has 1 unspecified atom stereocenters. The predicted octanol–water partition coefficient (Wildman–Crippen LogP) is 4.04. The number of carbonyl (C=O) groups is 1. The maximum atomic E-state index is 13.8. The van der Waals surface area contributed by atoms with E-state index >= 15 is 0 Å². The van der Waals surface area contributed by atoms with Gasteiger partial charge >= 0.3 is 0 Å². The van der Waals surface area contributed by atoms with Crippen molar-refractivity contribution in [3.8, 4) is 0 Å². The Bertz CT molecular complexity index is 1430. The number of amides is 1. The number of aromatic nitrogens is 6. The molecule has 0 radical (unpaired) electrons. The van der Waals surface area contributed by atoms with E-state index in [0.717, 1.165) is 23.5 Å². The molecular formula is C23H21F2N7O. The third-order valence-electron chi connectivity index (χ3n) is 5.46. The molecule has 1 atom stereocenters. The predicted molar refractivity (Wildman–Crippen MR) is 119 cm³/mol. The number of carbonyl (C=O) groups excluding carboxylic acids is 1. The Morgan fingerprint density at radius 3 is 2.76 bits per heavy atom. The van der Waals surface area contributed by atoms with Gasteiger partial charge < -0.3 is 14.3 Å². The zero-order valence-electron chi connectivity index (χ0n) is 18.0. The normalized spacial score (nSPS) is 12.6. The molecule has 10 heteroatoms. The van der Waals surface area contributed by atoms with Crippen molar-refractivity contribution >= 4 is 28.3 Å². The Labute approximate surface area is 187 Å². The highest BCUT2D eigenvalue weighted by Gasteiger charge is 2.26. The molecule has 0 saturated heterocycles. The Morgan fingerprint density at radius 2 is 1.97 bits per heavy atom. The molecule has 33 heavy (non-hydrogen) atoms. The summed E-state index contributed by atoms with van der Waals surface area (Å²) in [7, 11) is 0. The summed E-state index contributed by atoms with van der Waals surface area (Å²) in [5, 5.41) is 7.19. The highest BCUT2D eigenvalue weighted by Crippen LogP contribution is 2.26. The third-order valence-corrected chi connectivity index (χ3v) is 5.46. The first-order chi connectivity index (χ1) is 15.9. The number of imidazole rings is 2. The average Bonchev–Trinajstić information content (AvgIpc) is 3.48. The fourth-order valence-electron chi connectivity index (χ4n) is 3.95. The van der Waals surface area contributed by atoms with E-state index in [0.29, 0.717) is 17.7 Å². The molecule has 168 valence electrons. The van der Waals surface area contributed by atoms with Crippen molar-refractivity contribution in [2.45, 2.75) is 26.4 Å². The topological polar surface area (TPSA) is 82.0 Å². The summed E-state index contributed by atoms with van der Waals surface area (Å²) in [4.78, 5) is 21.8. The average molecular weight is 449 g/mol.